The SMILES string of the molecule is Cc1ccc(NC(=O)C(=O)NCC[C@@H]2CCCCN2S(=O)(=O)c2cc(C)ccc2C)c(C)c1. The van der Waals surface area contributed by atoms with Crippen LogP contribution >= 0.6 is 0 Å². The first-order chi connectivity index (χ1) is 15.6. The van der Waals surface area contributed by atoms with E-state index >= 15 is 0 Å². The predicted molar refractivity (Wildman–Crippen MR) is 130 cm³/mol. The largest absolute Gasteiger partial charge is 0.348 e. The van der Waals surface area contributed by atoms with Crippen molar-refractivity contribution in [2.45, 2.75) is 64.3 Å². The number of piperidine rings is 1. The summed E-state index contributed by atoms with van der Waals surface area (Å²) in [6, 6.07) is 10.8. The fourth-order valence-electron chi connectivity index (χ4n) is 4.26. The molecule has 178 valence electrons. The van der Waals surface area contributed by atoms with E-state index in [0.29, 0.717) is 23.5 Å². The van der Waals surface area contributed by atoms with Gasteiger partial charge in [-0.1, -0.05) is 36.2 Å². The van der Waals surface area contributed by atoms with Gasteiger partial charge in [-0.3, -0.25) is 9.59 Å². The Bertz CT molecular complexity index is 1140. The topological polar surface area (TPSA) is 95.6 Å². The second-order valence-corrected chi connectivity index (χ2v) is 10.7. The van der Waals surface area contributed by atoms with Crippen LogP contribution in [0.15, 0.2) is 41.3 Å². The van der Waals surface area contributed by atoms with Crippen LogP contribution in [0.4, 0.5) is 5.69 Å². The number of nitrogens with one attached hydrogen (secondary N) is 2. The van der Waals surface area contributed by atoms with Gasteiger partial charge in [-0.25, -0.2) is 8.42 Å². The molecule has 33 heavy (non-hydrogen) atoms. The highest BCUT2D eigenvalue weighted by atomic mass is 32.2. The lowest BCUT2D eigenvalue weighted by Gasteiger charge is -2.35. The predicted octanol–water partition coefficient (Wildman–Crippen LogP) is 3.61. The van der Waals surface area contributed by atoms with Crippen LogP contribution in [0.2, 0.25) is 0 Å². The van der Waals surface area contributed by atoms with Gasteiger partial charge in [0, 0.05) is 24.8 Å². The van der Waals surface area contributed by atoms with Crippen molar-refractivity contribution in [3.8, 4) is 0 Å². The van der Waals surface area contributed by atoms with Gasteiger partial charge in [-0.05, 0) is 75.8 Å². The summed E-state index contributed by atoms with van der Waals surface area (Å²) in [5.74, 6) is -1.46. The average molecular weight is 472 g/mol. The van der Waals surface area contributed by atoms with Gasteiger partial charge in [0.05, 0.1) is 4.90 Å². The number of nitrogens with zero attached hydrogens (tertiary/aromatic N) is 1. The first kappa shape index (κ1) is 24.9. The number of aryl methyl sites for hydroxylation is 4. The molecule has 0 saturated carbocycles. The molecule has 3 rings (SSSR count). The molecule has 1 aliphatic heterocycles. The summed E-state index contributed by atoms with van der Waals surface area (Å²) in [6.07, 6.45) is 2.93. The van der Waals surface area contributed by atoms with Crippen molar-refractivity contribution in [1.82, 2.24) is 9.62 Å². The van der Waals surface area contributed by atoms with E-state index in [1.165, 1.54) is 0 Å². The number of amides is 2. The molecule has 1 aliphatic rings. The third-order valence-electron chi connectivity index (χ3n) is 6.10. The molecule has 0 bridgehead atoms. The molecule has 2 N–H and O–H groups in total. The van der Waals surface area contributed by atoms with Crippen molar-refractivity contribution in [2.75, 3.05) is 18.4 Å². The Labute approximate surface area is 196 Å². The third-order valence-corrected chi connectivity index (χ3v) is 8.20. The van der Waals surface area contributed by atoms with Gasteiger partial charge in [0.2, 0.25) is 10.0 Å². The zero-order valence-electron chi connectivity index (χ0n) is 19.8. The molecule has 8 heteroatoms. The highest BCUT2D eigenvalue weighted by molar-refractivity contribution is 7.89. The second-order valence-electron chi connectivity index (χ2n) is 8.85. The van der Waals surface area contributed by atoms with Crippen LogP contribution < -0.4 is 10.6 Å². The Morgan fingerprint density at radius 2 is 1.64 bits per heavy atom. The molecule has 1 saturated heterocycles. The van der Waals surface area contributed by atoms with Crippen LogP contribution in [-0.2, 0) is 19.6 Å². The number of benzene rings is 2. The molecule has 0 aromatic heterocycles. The Hall–Kier alpha value is -2.71. The van der Waals surface area contributed by atoms with Gasteiger partial charge in [0.15, 0.2) is 0 Å². The Morgan fingerprint density at radius 1 is 0.939 bits per heavy atom. The maximum atomic E-state index is 13.4. The first-order valence-electron chi connectivity index (χ1n) is 11.3. The summed E-state index contributed by atoms with van der Waals surface area (Å²) in [6.45, 7) is 8.20. The zero-order valence-corrected chi connectivity index (χ0v) is 20.6. The van der Waals surface area contributed by atoms with Crippen LogP contribution in [0.3, 0.4) is 0 Å². The van der Waals surface area contributed by atoms with Crippen molar-refractivity contribution in [3.63, 3.8) is 0 Å². The minimum absolute atomic E-state index is 0.216. The molecule has 0 spiro atoms. The molecule has 2 amide bonds. The number of hydrogen-bond acceptors (Lipinski definition) is 4. The molecule has 0 unspecified atom stereocenters. The van der Waals surface area contributed by atoms with Gasteiger partial charge in [-0.2, -0.15) is 4.31 Å². The highest BCUT2D eigenvalue weighted by Gasteiger charge is 2.34. The quantitative estimate of drug-likeness (QED) is 0.629. The van der Waals surface area contributed by atoms with Crippen LogP contribution in [0.1, 0.15) is 47.9 Å². The van der Waals surface area contributed by atoms with E-state index in [2.05, 4.69) is 10.6 Å². The van der Waals surface area contributed by atoms with E-state index in [0.717, 1.165) is 41.5 Å². The fraction of sp³-hybridized carbons (Fsp3) is 0.440. The van der Waals surface area contributed by atoms with Crippen molar-refractivity contribution < 1.29 is 18.0 Å². The van der Waals surface area contributed by atoms with Crippen LogP contribution in [0.5, 0.6) is 0 Å². The molecule has 1 heterocycles. The minimum atomic E-state index is -3.64. The van der Waals surface area contributed by atoms with Crippen LogP contribution in [-0.4, -0.2) is 43.7 Å². The van der Waals surface area contributed by atoms with Gasteiger partial charge in [0.25, 0.3) is 0 Å². The summed E-state index contributed by atoms with van der Waals surface area (Å²) < 4.78 is 28.4. The van der Waals surface area contributed by atoms with Crippen LogP contribution in [0, 0.1) is 27.7 Å². The molecule has 1 atom stereocenters. The van der Waals surface area contributed by atoms with Gasteiger partial charge in [-0.15, -0.1) is 0 Å². The minimum Gasteiger partial charge on any atom is -0.348 e. The highest BCUT2D eigenvalue weighted by Crippen LogP contribution is 2.29. The standard InChI is InChI=1S/C25H33N3O4S/c1-17-9-11-22(20(4)15-17)27-25(30)24(29)26-13-12-21-7-5-6-14-28(21)33(31,32)23-16-18(2)8-10-19(23)3/h8-11,15-16,21H,5-7,12-14H2,1-4H3,(H,26,29)(H,27,30)/t21-/m0/s1. The van der Waals surface area contributed by atoms with Crippen molar-refractivity contribution in [3.05, 3.63) is 58.7 Å². The maximum absolute atomic E-state index is 13.4. The lowest BCUT2D eigenvalue weighted by Crippen LogP contribution is -2.46. The molecule has 0 aliphatic carbocycles. The number of carbonyl (C=O) groups is 2. The Kier molecular flexibility index (Phi) is 7.92. The summed E-state index contributed by atoms with van der Waals surface area (Å²) in [5.41, 5.74) is 4.17. The lowest BCUT2D eigenvalue weighted by molar-refractivity contribution is -0.136. The molecular formula is C25H33N3O4S. The summed E-state index contributed by atoms with van der Waals surface area (Å²) in [7, 11) is -3.64. The molecule has 0 radical (unpaired) electrons. The normalized spacial score (nSPS) is 16.9. The maximum Gasteiger partial charge on any atom is 0.313 e. The zero-order chi connectivity index (χ0) is 24.2. The molecular weight excluding hydrogens is 438 g/mol. The first-order valence-corrected chi connectivity index (χ1v) is 12.8. The molecule has 7 nitrogen and oxygen atoms in total. The summed E-state index contributed by atoms with van der Waals surface area (Å²) in [5, 5.41) is 5.28. The number of anilines is 1. The van der Waals surface area contributed by atoms with E-state index in [-0.39, 0.29) is 12.6 Å². The second kappa shape index (κ2) is 10.5. The van der Waals surface area contributed by atoms with Crippen LogP contribution in [0.25, 0.3) is 0 Å². The van der Waals surface area contributed by atoms with Crippen molar-refractivity contribution >= 4 is 27.5 Å². The Balaban J connectivity index is 1.61. The van der Waals surface area contributed by atoms with E-state index in [1.807, 2.05) is 45.0 Å². The number of sulfonamides is 1. The molecule has 1 fully saturated rings. The molecule has 2 aromatic carbocycles. The van der Waals surface area contributed by atoms with Gasteiger partial charge < -0.3 is 10.6 Å². The van der Waals surface area contributed by atoms with E-state index in [9.17, 15) is 18.0 Å². The van der Waals surface area contributed by atoms with E-state index in [1.54, 1.807) is 23.4 Å². The number of carbonyl (C=O) groups excluding carboxylic acids is 2. The van der Waals surface area contributed by atoms with E-state index in [4.69, 9.17) is 0 Å². The number of hydrogen-bond donors (Lipinski definition) is 2. The summed E-state index contributed by atoms with van der Waals surface area (Å²) >= 11 is 0. The van der Waals surface area contributed by atoms with Gasteiger partial charge in [0.1, 0.15) is 0 Å². The number of rotatable bonds is 6. The van der Waals surface area contributed by atoms with Crippen molar-refractivity contribution in [1.29, 1.82) is 0 Å². The van der Waals surface area contributed by atoms with Gasteiger partial charge >= 0.3 is 11.8 Å². The fourth-order valence-corrected chi connectivity index (χ4v) is 6.29. The average Bonchev–Trinajstić information content (AvgIpc) is 2.77. The Morgan fingerprint density at radius 3 is 2.36 bits per heavy atom. The third kappa shape index (κ3) is 6.00. The summed E-state index contributed by atoms with van der Waals surface area (Å²) in [4.78, 5) is 24.9. The van der Waals surface area contributed by atoms with E-state index < -0.39 is 21.8 Å². The molecule has 2 aromatic rings. The van der Waals surface area contributed by atoms with Crippen molar-refractivity contribution in [2.24, 2.45) is 0 Å². The monoisotopic (exact) mass is 471 g/mol. The lowest BCUT2D eigenvalue weighted by atomic mass is 10.0. The smallest absolute Gasteiger partial charge is 0.313 e.